The van der Waals surface area contributed by atoms with Crippen LogP contribution < -0.4 is 0 Å². The molecule has 72 valence electrons. The Bertz CT molecular complexity index is 301. The summed E-state index contributed by atoms with van der Waals surface area (Å²) in [6.45, 7) is 6.24. The van der Waals surface area contributed by atoms with Gasteiger partial charge in [-0.2, -0.15) is 0 Å². The fraction of sp³-hybridized carbons (Fsp3) is 0.727. The third kappa shape index (κ3) is 0.812. The molecule has 2 aliphatic rings. The van der Waals surface area contributed by atoms with E-state index >= 15 is 0 Å². The summed E-state index contributed by atoms with van der Waals surface area (Å²) in [6, 6.07) is 0. The van der Waals surface area contributed by atoms with Crippen molar-refractivity contribution in [3.63, 3.8) is 0 Å². The lowest BCUT2D eigenvalue weighted by atomic mass is 9.61. The predicted molar refractivity (Wildman–Crippen MR) is 50.3 cm³/mol. The minimum absolute atomic E-state index is 0.0804. The molecule has 0 aromatic heterocycles. The molecule has 2 rings (SSSR count). The molecule has 1 saturated carbocycles. The van der Waals surface area contributed by atoms with E-state index in [4.69, 9.17) is 0 Å². The minimum atomic E-state index is -0.175. The Hall–Kier alpha value is -0.790. The first kappa shape index (κ1) is 8.79. The molecule has 0 spiro atoms. The number of carbonyl (C=O) groups is 1. The average Bonchev–Trinajstić information content (AvgIpc) is 2.16. The SMILES string of the molecule is CC1(C)[C@H]2CC[C@@]1(C)C(O)=CC2=O. The summed E-state index contributed by atoms with van der Waals surface area (Å²) in [5, 5.41) is 9.80. The second-order valence-electron chi connectivity index (χ2n) is 5.08. The van der Waals surface area contributed by atoms with Gasteiger partial charge in [0.1, 0.15) is 5.76 Å². The standard InChI is InChI=1S/C11H16O2/c1-10(2)7-4-5-11(10,3)9(13)6-8(7)12/h6-7,13H,4-5H2,1-3H3/t7-,11-/m0/s1. The smallest absolute Gasteiger partial charge is 0.162 e. The number of fused-ring (bicyclic) bond motifs is 2. The molecule has 2 nitrogen and oxygen atoms in total. The number of hydrogen-bond acceptors (Lipinski definition) is 2. The molecule has 1 fully saturated rings. The zero-order chi connectivity index (χ0) is 9.85. The van der Waals surface area contributed by atoms with Crippen molar-refractivity contribution in [1.29, 1.82) is 0 Å². The summed E-state index contributed by atoms with van der Waals surface area (Å²) >= 11 is 0. The van der Waals surface area contributed by atoms with Gasteiger partial charge in [0.25, 0.3) is 0 Å². The van der Waals surface area contributed by atoms with Crippen molar-refractivity contribution >= 4 is 5.78 Å². The topological polar surface area (TPSA) is 37.3 Å². The summed E-state index contributed by atoms with van der Waals surface area (Å²) < 4.78 is 0. The second kappa shape index (κ2) is 2.17. The quantitative estimate of drug-likeness (QED) is 0.621. The molecule has 2 heteroatoms. The van der Waals surface area contributed by atoms with Crippen LogP contribution in [0.1, 0.15) is 33.6 Å². The maximum atomic E-state index is 11.6. The highest BCUT2D eigenvalue weighted by Gasteiger charge is 2.58. The van der Waals surface area contributed by atoms with Crippen molar-refractivity contribution in [2.45, 2.75) is 33.6 Å². The second-order valence-corrected chi connectivity index (χ2v) is 5.08. The van der Waals surface area contributed by atoms with E-state index in [-0.39, 0.29) is 28.3 Å². The van der Waals surface area contributed by atoms with Gasteiger partial charge in [-0.15, -0.1) is 0 Å². The molecule has 0 unspecified atom stereocenters. The van der Waals surface area contributed by atoms with E-state index in [1.807, 2.05) is 0 Å². The molecular formula is C11H16O2. The number of ketones is 1. The van der Waals surface area contributed by atoms with Crippen LogP contribution in [0.15, 0.2) is 11.8 Å². The maximum absolute atomic E-state index is 11.6. The number of rotatable bonds is 0. The van der Waals surface area contributed by atoms with Crippen molar-refractivity contribution in [3.8, 4) is 0 Å². The van der Waals surface area contributed by atoms with Crippen LogP contribution in [-0.4, -0.2) is 10.9 Å². The lowest BCUT2D eigenvalue weighted by molar-refractivity contribution is -0.124. The normalized spacial score (nSPS) is 41.9. The van der Waals surface area contributed by atoms with E-state index in [9.17, 15) is 9.90 Å². The zero-order valence-electron chi connectivity index (χ0n) is 8.42. The van der Waals surface area contributed by atoms with Crippen LogP contribution in [0.25, 0.3) is 0 Å². The highest BCUT2D eigenvalue weighted by molar-refractivity contribution is 5.94. The molecular weight excluding hydrogens is 164 g/mol. The van der Waals surface area contributed by atoms with E-state index in [1.165, 1.54) is 6.08 Å². The summed E-state index contributed by atoms with van der Waals surface area (Å²) in [5.41, 5.74) is -0.255. The van der Waals surface area contributed by atoms with Gasteiger partial charge in [0.15, 0.2) is 5.78 Å². The fourth-order valence-corrected chi connectivity index (χ4v) is 2.85. The summed E-state index contributed by atoms with van der Waals surface area (Å²) in [7, 11) is 0. The third-order valence-electron chi connectivity index (χ3n) is 4.41. The Morgan fingerprint density at radius 3 is 2.69 bits per heavy atom. The van der Waals surface area contributed by atoms with E-state index < -0.39 is 0 Å². The van der Waals surface area contributed by atoms with Gasteiger partial charge in [-0.25, -0.2) is 0 Å². The van der Waals surface area contributed by atoms with E-state index in [0.29, 0.717) is 0 Å². The number of allylic oxidation sites excluding steroid dienone is 2. The van der Waals surface area contributed by atoms with Crippen molar-refractivity contribution in [1.82, 2.24) is 0 Å². The van der Waals surface area contributed by atoms with Gasteiger partial charge in [0.2, 0.25) is 0 Å². The predicted octanol–water partition coefficient (Wildman–Crippen LogP) is 2.45. The average molecular weight is 180 g/mol. The molecule has 2 atom stereocenters. The van der Waals surface area contributed by atoms with Gasteiger partial charge < -0.3 is 5.11 Å². The van der Waals surface area contributed by atoms with Gasteiger partial charge in [0.05, 0.1) is 0 Å². The van der Waals surface area contributed by atoms with Crippen LogP contribution >= 0.6 is 0 Å². The van der Waals surface area contributed by atoms with Crippen molar-refractivity contribution in [2.24, 2.45) is 16.7 Å². The summed E-state index contributed by atoms with van der Waals surface area (Å²) in [5.74, 6) is 0.516. The molecule has 13 heavy (non-hydrogen) atoms. The molecule has 0 amide bonds. The van der Waals surface area contributed by atoms with Gasteiger partial charge in [-0.1, -0.05) is 20.8 Å². The highest BCUT2D eigenvalue weighted by Crippen LogP contribution is 2.61. The van der Waals surface area contributed by atoms with Crippen molar-refractivity contribution < 1.29 is 9.90 Å². The highest BCUT2D eigenvalue weighted by atomic mass is 16.3. The molecule has 1 N–H and O–H groups in total. The first-order chi connectivity index (χ1) is 5.89. The Kier molecular flexibility index (Phi) is 1.47. The van der Waals surface area contributed by atoms with E-state index in [0.717, 1.165) is 12.8 Å². The van der Waals surface area contributed by atoms with Crippen LogP contribution in [0, 0.1) is 16.7 Å². The van der Waals surface area contributed by atoms with E-state index in [1.54, 1.807) is 0 Å². The largest absolute Gasteiger partial charge is 0.512 e. The lowest BCUT2D eigenvalue weighted by Gasteiger charge is -2.43. The Labute approximate surface area is 78.6 Å². The summed E-state index contributed by atoms with van der Waals surface area (Å²) in [4.78, 5) is 11.6. The number of aliphatic hydroxyl groups is 1. The molecule has 0 aromatic rings. The lowest BCUT2D eigenvalue weighted by Crippen LogP contribution is -2.41. The number of aliphatic hydroxyl groups excluding tert-OH is 1. The van der Waals surface area contributed by atoms with Crippen LogP contribution in [0.5, 0.6) is 0 Å². The molecule has 0 aliphatic heterocycles. The van der Waals surface area contributed by atoms with Crippen LogP contribution in [-0.2, 0) is 4.79 Å². The molecule has 0 aromatic carbocycles. The van der Waals surface area contributed by atoms with Crippen molar-refractivity contribution in [3.05, 3.63) is 11.8 Å². The Morgan fingerprint density at radius 2 is 2.08 bits per heavy atom. The molecule has 2 bridgehead atoms. The minimum Gasteiger partial charge on any atom is -0.512 e. The van der Waals surface area contributed by atoms with Crippen LogP contribution in [0.3, 0.4) is 0 Å². The molecule has 2 aliphatic carbocycles. The molecule has 0 radical (unpaired) electrons. The first-order valence-electron chi connectivity index (χ1n) is 4.84. The van der Waals surface area contributed by atoms with Crippen LogP contribution in [0.4, 0.5) is 0 Å². The van der Waals surface area contributed by atoms with Crippen molar-refractivity contribution in [2.75, 3.05) is 0 Å². The molecule has 0 heterocycles. The van der Waals surface area contributed by atoms with E-state index in [2.05, 4.69) is 20.8 Å². The fourth-order valence-electron chi connectivity index (χ4n) is 2.85. The van der Waals surface area contributed by atoms with Gasteiger partial charge >= 0.3 is 0 Å². The zero-order valence-corrected chi connectivity index (χ0v) is 8.42. The maximum Gasteiger partial charge on any atom is 0.162 e. The monoisotopic (exact) mass is 180 g/mol. The number of carbonyl (C=O) groups excluding carboxylic acids is 1. The Balaban J connectivity index is 2.59. The third-order valence-corrected chi connectivity index (χ3v) is 4.41. The van der Waals surface area contributed by atoms with Gasteiger partial charge in [0, 0.05) is 17.4 Å². The first-order valence-corrected chi connectivity index (χ1v) is 4.84. The number of hydrogen-bond donors (Lipinski definition) is 1. The molecule has 0 saturated heterocycles. The van der Waals surface area contributed by atoms with Gasteiger partial charge in [-0.3, -0.25) is 4.79 Å². The van der Waals surface area contributed by atoms with Crippen LogP contribution in [0.2, 0.25) is 0 Å². The van der Waals surface area contributed by atoms with Gasteiger partial charge in [-0.05, 0) is 18.3 Å². The Morgan fingerprint density at radius 1 is 1.46 bits per heavy atom. The summed E-state index contributed by atoms with van der Waals surface area (Å²) in [6.07, 6.45) is 3.28.